The number of thiophene rings is 1. The van der Waals surface area contributed by atoms with Gasteiger partial charge in [-0.15, -0.1) is 28.1 Å². The summed E-state index contributed by atoms with van der Waals surface area (Å²) in [6, 6.07) is 15.1. The molecule has 0 saturated carbocycles. The van der Waals surface area contributed by atoms with Crippen molar-refractivity contribution in [1.29, 1.82) is 0 Å². The van der Waals surface area contributed by atoms with Crippen LogP contribution >= 0.6 is 23.1 Å². The Bertz CT molecular complexity index is 1460. The smallest absolute Gasteiger partial charge is 0.341 e. The number of methoxy groups -OCH3 is 2. The standard InChI is InChI=1S/C28H28N4O5S2/c1-5-13-32-23(15-37-21-8-6-7-18(2)14-21)30-31-28(32)39-17-24(33)29-26-25(27(34)36-4)22(16-38-26)19-9-11-20(35-3)12-10-19/h5-12,14,16H,1,13,15,17H2,2-4H3,(H,29,33). The number of thioether (sulfide) groups is 1. The SMILES string of the molecule is C=CCn1c(COc2cccc(C)c2)nnc1SCC(=O)Nc1scc(-c2ccc(OC)cc2)c1C(=O)OC. The first-order valence-corrected chi connectivity index (χ1v) is 13.8. The molecule has 2 aromatic carbocycles. The summed E-state index contributed by atoms with van der Waals surface area (Å²) in [5.41, 5.74) is 2.87. The number of amides is 1. The average molecular weight is 565 g/mol. The maximum Gasteiger partial charge on any atom is 0.341 e. The monoisotopic (exact) mass is 564 g/mol. The molecular formula is C28H28N4O5S2. The summed E-state index contributed by atoms with van der Waals surface area (Å²) in [5, 5.41) is 14.1. The lowest BCUT2D eigenvalue weighted by Gasteiger charge is -2.10. The van der Waals surface area contributed by atoms with Gasteiger partial charge in [-0.3, -0.25) is 9.36 Å². The van der Waals surface area contributed by atoms with Gasteiger partial charge < -0.3 is 19.5 Å². The minimum absolute atomic E-state index is 0.0599. The summed E-state index contributed by atoms with van der Waals surface area (Å²) in [6.45, 7) is 6.50. The lowest BCUT2D eigenvalue weighted by atomic mass is 10.0. The van der Waals surface area contributed by atoms with E-state index in [-0.39, 0.29) is 18.3 Å². The summed E-state index contributed by atoms with van der Waals surface area (Å²) in [4.78, 5) is 25.5. The Labute approximate surface area is 234 Å². The Morgan fingerprint density at radius 2 is 1.92 bits per heavy atom. The molecule has 202 valence electrons. The molecule has 0 aliphatic carbocycles. The number of carbonyl (C=O) groups excluding carboxylic acids is 2. The summed E-state index contributed by atoms with van der Waals surface area (Å²) in [7, 11) is 2.90. The highest BCUT2D eigenvalue weighted by molar-refractivity contribution is 7.99. The quantitative estimate of drug-likeness (QED) is 0.135. The van der Waals surface area contributed by atoms with Gasteiger partial charge in [-0.1, -0.05) is 42.1 Å². The van der Waals surface area contributed by atoms with Crippen LogP contribution in [0.2, 0.25) is 0 Å². The summed E-state index contributed by atoms with van der Waals surface area (Å²) >= 11 is 2.49. The third-order valence-corrected chi connectivity index (χ3v) is 7.49. The molecule has 1 N–H and O–H groups in total. The van der Waals surface area contributed by atoms with Crippen molar-refractivity contribution >= 4 is 40.0 Å². The second-order valence-corrected chi connectivity index (χ2v) is 10.1. The average Bonchev–Trinajstić information content (AvgIpc) is 3.54. The van der Waals surface area contributed by atoms with Gasteiger partial charge in [0.05, 0.1) is 20.0 Å². The Balaban J connectivity index is 1.45. The van der Waals surface area contributed by atoms with Crippen LogP contribution in [0.5, 0.6) is 11.5 Å². The molecule has 0 radical (unpaired) electrons. The number of anilines is 1. The lowest BCUT2D eigenvalue weighted by Crippen LogP contribution is -2.16. The number of allylic oxidation sites excluding steroid dienone is 1. The van der Waals surface area contributed by atoms with Gasteiger partial charge in [-0.2, -0.15) is 0 Å². The first-order valence-electron chi connectivity index (χ1n) is 11.9. The van der Waals surface area contributed by atoms with Gasteiger partial charge in [0.25, 0.3) is 0 Å². The number of esters is 1. The van der Waals surface area contributed by atoms with Crippen molar-refractivity contribution in [2.45, 2.75) is 25.2 Å². The number of nitrogens with one attached hydrogen (secondary N) is 1. The van der Waals surface area contributed by atoms with Crippen LogP contribution in [0.3, 0.4) is 0 Å². The molecule has 0 bridgehead atoms. The molecule has 11 heteroatoms. The number of hydrogen-bond acceptors (Lipinski definition) is 9. The number of ether oxygens (including phenoxy) is 3. The minimum atomic E-state index is -0.533. The van der Waals surface area contributed by atoms with Crippen molar-refractivity contribution in [3.63, 3.8) is 0 Å². The summed E-state index contributed by atoms with van der Waals surface area (Å²) < 4.78 is 18.0. The number of aryl methyl sites for hydroxylation is 1. The molecule has 0 aliphatic heterocycles. The molecule has 0 fully saturated rings. The fourth-order valence-corrected chi connectivity index (χ4v) is 5.47. The van der Waals surface area contributed by atoms with Crippen molar-refractivity contribution in [1.82, 2.24) is 14.8 Å². The molecule has 0 unspecified atom stereocenters. The van der Waals surface area contributed by atoms with E-state index >= 15 is 0 Å². The number of carbonyl (C=O) groups is 2. The summed E-state index contributed by atoms with van der Waals surface area (Å²) in [6.07, 6.45) is 1.73. The van der Waals surface area contributed by atoms with Gasteiger partial charge in [0, 0.05) is 17.5 Å². The first kappa shape index (κ1) is 27.9. The van der Waals surface area contributed by atoms with Crippen LogP contribution in [0.4, 0.5) is 5.00 Å². The second-order valence-electron chi connectivity index (χ2n) is 8.31. The van der Waals surface area contributed by atoms with Crippen molar-refractivity contribution in [3.05, 3.63) is 83.5 Å². The third-order valence-electron chi connectivity index (χ3n) is 5.63. The number of nitrogens with zero attached hydrogens (tertiary/aromatic N) is 3. The van der Waals surface area contributed by atoms with Gasteiger partial charge in [-0.25, -0.2) is 4.79 Å². The van der Waals surface area contributed by atoms with Crippen molar-refractivity contribution in [3.8, 4) is 22.6 Å². The Morgan fingerprint density at radius 3 is 2.62 bits per heavy atom. The first-order chi connectivity index (χ1) is 18.9. The molecular weight excluding hydrogens is 536 g/mol. The number of hydrogen-bond donors (Lipinski definition) is 1. The van der Waals surface area contributed by atoms with Crippen molar-refractivity contribution in [2.75, 3.05) is 25.3 Å². The van der Waals surface area contributed by atoms with E-state index < -0.39 is 5.97 Å². The van der Waals surface area contributed by atoms with Crippen LogP contribution in [0.25, 0.3) is 11.1 Å². The van der Waals surface area contributed by atoms with E-state index in [1.165, 1.54) is 30.2 Å². The maximum atomic E-state index is 12.9. The van der Waals surface area contributed by atoms with Crippen molar-refractivity contribution < 1.29 is 23.8 Å². The maximum absolute atomic E-state index is 12.9. The van der Waals surface area contributed by atoms with E-state index in [0.717, 1.165) is 16.9 Å². The van der Waals surface area contributed by atoms with Crippen molar-refractivity contribution in [2.24, 2.45) is 0 Å². The van der Waals surface area contributed by atoms with Gasteiger partial charge in [0.2, 0.25) is 5.91 Å². The Kier molecular flexibility index (Phi) is 9.40. The van der Waals surface area contributed by atoms with Crippen LogP contribution < -0.4 is 14.8 Å². The van der Waals surface area contributed by atoms with Gasteiger partial charge in [0.15, 0.2) is 11.0 Å². The van der Waals surface area contributed by atoms with Crippen LogP contribution in [0, 0.1) is 6.92 Å². The molecule has 0 atom stereocenters. The molecule has 4 rings (SSSR count). The molecule has 9 nitrogen and oxygen atoms in total. The van der Waals surface area contributed by atoms with E-state index in [1.54, 1.807) is 13.2 Å². The molecule has 1 amide bonds. The topological polar surface area (TPSA) is 105 Å². The van der Waals surface area contributed by atoms with E-state index in [2.05, 4.69) is 22.1 Å². The van der Waals surface area contributed by atoms with E-state index in [1.807, 2.05) is 65.4 Å². The molecule has 0 spiro atoms. The highest BCUT2D eigenvalue weighted by Crippen LogP contribution is 2.37. The molecule has 39 heavy (non-hydrogen) atoms. The van der Waals surface area contributed by atoms with E-state index in [4.69, 9.17) is 14.2 Å². The van der Waals surface area contributed by atoms with Crippen LogP contribution in [-0.4, -0.2) is 46.6 Å². The fraction of sp³-hybridized carbons (Fsp3) is 0.214. The second kappa shape index (κ2) is 13.1. The van der Waals surface area contributed by atoms with Crippen LogP contribution in [0.1, 0.15) is 21.7 Å². The molecule has 2 aromatic heterocycles. The predicted octanol–water partition coefficient (Wildman–Crippen LogP) is 5.61. The normalized spacial score (nSPS) is 10.6. The zero-order valence-corrected chi connectivity index (χ0v) is 23.4. The fourth-order valence-electron chi connectivity index (χ4n) is 3.73. The van der Waals surface area contributed by atoms with Gasteiger partial charge >= 0.3 is 5.97 Å². The van der Waals surface area contributed by atoms with E-state index in [0.29, 0.717) is 39.4 Å². The highest BCUT2D eigenvalue weighted by Gasteiger charge is 2.23. The summed E-state index contributed by atoms with van der Waals surface area (Å²) in [5.74, 6) is 1.30. The highest BCUT2D eigenvalue weighted by atomic mass is 32.2. The predicted molar refractivity (Wildman–Crippen MR) is 153 cm³/mol. The molecule has 0 aliphatic rings. The third kappa shape index (κ3) is 6.87. The largest absolute Gasteiger partial charge is 0.497 e. The number of aromatic nitrogens is 3. The Hall–Kier alpha value is -4.09. The van der Waals surface area contributed by atoms with Crippen LogP contribution in [0.15, 0.2) is 71.7 Å². The zero-order valence-electron chi connectivity index (χ0n) is 21.8. The van der Waals surface area contributed by atoms with Gasteiger partial charge in [-0.05, 0) is 42.3 Å². The number of rotatable bonds is 12. The zero-order chi connectivity index (χ0) is 27.8. The Morgan fingerprint density at radius 1 is 1.13 bits per heavy atom. The van der Waals surface area contributed by atoms with E-state index in [9.17, 15) is 9.59 Å². The molecule has 0 saturated heterocycles. The lowest BCUT2D eigenvalue weighted by molar-refractivity contribution is -0.113. The minimum Gasteiger partial charge on any atom is -0.497 e. The molecule has 2 heterocycles. The molecule has 4 aromatic rings. The number of benzene rings is 2. The van der Waals surface area contributed by atoms with Gasteiger partial charge in [0.1, 0.15) is 28.7 Å². The van der Waals surface area contributed by atoms with Crippen LogP contribution in [-0.2, 0) is 22.7 Å².